The first-order chi connectivity index (χ1) is 13.1. The highest BCUT2D eigenvalue weighted by Gasteiger charge is 2.13. The van der Waals surface area contributed by atoms with E-state index in [1.54, 1.807) is 11.8 Å². The molecule has 5 heteroatoms. The zero-order chi connectivity index (χ0) is 19.1. The van der Waals surface area contributed by atoms with E-state index < -0.39 is 0 Å². The molecule has 1 atom stereocenters. The van der Waals surface area contributed by atoms with Crippen LogP contribution in [0.2, 0.25) is 0 Å². The number of thioether (sulfide) groups is 1. The molecule has 0 aliphatic carbocycles. The zero-order valence-corrected chi connectivity index (χ0v) is 16.6. The van der Waals surface area contributed by atoms with Crippen molar-refractivity contribution in [3.8, 4) is 5.69 Å². The fourth-order valence-corrected chi connectivity index (χ4v) is 3.76. The van der Waals surface area contributed by atoms with E-state index in [2.05, 4.69) is 16.6 Å². The molecule has 27 heavy (non-hydrogen) atoms. The predicted octanol–water partition coefficient (Wildman–Crippen LogP) is 4.41. The van der Waals surface area contributed by atoms with Crippen LogP contribution in [0.5, 0.6) is 0 Å². The number of nitrogens with one attached hydrogen (secondary N) is 1. The van der Waals surface area contributed by atoms with Gasteiger partial charge >= 0.3 is 0 Å². The molecule has 1 aromatic heterocycles. The van der Waals surface area contributed by atoms with Gasteiger partial charge in [0.1, 0.15) is 0 Å². The van der Waals surface area contributed by atoms with Gasteiger partial charge in [0.2, 0.25) is 5.91 Å². The molecular formula is C22H25N3OS. The Morgan fingerprint density at radius 3 is 2.48 bits per heavy atom. The lowest BCUT2D eigenvalue weighted by molar-refractivity contribution is -0.120. The predicted molar refractivity (Wildman–Crippen MR) is 111 cm³/mol. The fraction of sp³-hybridized carbons (Fsp3) is 0.273. The third-order valence-electron chi connectivity index (χ3n) is 4.37. The second-order valence-electron chi connectivity index (χ2n) is 6.49. The molecule has 0 aliphatic heterocycles. The number of hydrogen-bond acceptors (Lipinski definition) is 3. The SMILES string of the molecule is Cc1nn(-c2ccccc2)cc1CCCNC(=O)C(C)Sc1ccccc1. The summed E-state index contributed by atoms with van der Waals surface area (Å²) in [5, 5.41) is 7.54. The molecule has 1 heterocycles. The average molecular weight is 380 g/mol. The normalized spacial score (nSPS) is 11.9. The van der Waals surface area contributed by atoms with Crippen molar-refractivity contribution in [2.75, 3.05) is 6.54 Å². The van der Waals surface area contributed by atoms with E-state index in [0.717, 1.165) is 29.1 Å². The van der Waals surface area contributed by atoms with Crippen molar-refractivity contribution in [2.45, 2.75) is 36.8 Å². The second-order valence-corrected chi connectivity index (χ2v) is 7.90. The Morgan fingerprint density at radius 1 is 1.11 bits per heavy atom. The number of hydrogen-bond donors (Lipinski definition) is 1. The van der Waals surface area contributed by atoms with E-state index in [1.165, 1.54) is 5.56 Å². The molecule has 1 unspecified atom stereocenters. The maximum atomic E-state index is 12.3. The Bertz CT molecular complexity index is 862. The maximum Gasteiger partial charge on any atom is 0.233 e. The lowest BCUT2D eigenvalue weighted by Crippen LogP contribution is -2.31. The standard InChI is InChI=1S/C22H25N3OS/c1-17-19(16-25(24-17)20-11-5-3-6-12-20)10-9-15-23-22(26)18(2)27-21-13-7-4-8-14-21/h3-8,11-14,16,18H,9-10,15H2,1-2H3,(H,23,26). The quantitative estimate of drug-likeness (QED) is 0.466. The van der Waals surface area contributed by atoms with E-state index in [-0.39, 0.29) is 11.2 Å². The molecule has 0 spiro atoms. The fourth-order valence-electron chi connectivity index (χ4n) is 2.85. The van der Waals surface area contributed by atoms with E-state index in [9.17, 15) is 4.79 Å². The minimum atomic E-state index is -0.102. The molecule has 0 fully saturated rings. The lowest BCUT2D eigenvalue weighted by Gasteiger charge is -2.11. The molecule has 140 valence electrons. The first kappa shape index (κ1) is 19.2. The lowest BCUT2D eigenvalue weighted by atomic mass is 10.1. The van der Waals surface area contributed by atoms with Gasteiger partial charge < -0.3 is 5.32 Å². The van der Waals surface area contributed by atoms with Crippen molar-refractivity contribution >= 4 is 17.7 Å². The Kier molecular flexibility index (Phi) is 6.71. The van der Waals surface area contributed by atoms with Crippen LogP contribution in [-0.4, -0.2) is 27.5 Å². The van der Waals surface area contributed by atoms with E-state index in [0.29, 0.717) is 6.54 Å². The Hall–Kier alpha value is -2.53. The van der Waals surface area contributed by atoms with Crippen LogP contribution in [0.15, 0.2) is 71.8 Å². The molecule has 0 bridgehead atoms. The summed E-state index contributed by atoms with van der Waals surface area (Å²) in [6.07, 6.45) is 3.88. The summed E-state index contributed by atoms with van der Waals surface area (Å²) in [7, 11) is 0. The largest absolute Gasteiger partial charge is 0.355 e. The van der Waals surface area contributed by atoms with Gasteiger partial charge in [-0.15, -0.1) is 11.8 Å². The molecule has 3 aromatic rings. The summed E-state index contributed by atoms with van der Waals surface area (Å²) >= 11 is 1.58. The third kappa shape index (κ3) is 5.47. The first-order valence-electron chi connectivity index (χ1n) is 9.23. The van der Waals surface area contributed by atoms with Crippen LogP contribution in [0.25, 0.3) is 5.69 Å². The van der Waals surface area contributed by atoms with Crippen LogP contribution in [0.1, 0.15) is 24.6 Å². The highest BCUT2D eigenvalue weighted by molar-refractivity contribution is 8.00. The van der Waals surface area contributed by atoms with Crippen molar-refractivity contribution in [2.24, 2.45) is 0 Å². The van der Waals surface area contributed by atoms with Gasteiger partial charge in [-0.2, -0.15) is 5.10 Å². The van der Waals surface area contributed by atoms with Crippen LogP contribution < -0.4 is 5.32 Å². The molecular weight excluding hydrogens is 354 g/mol. The molecule has 1 N–H and O–H groups in total. The number of carbonyl (C=O) groups excluding carboxylic acids is 1. The van der Waals surface area contributed by atoms with E-state index in [4.69, 9.17) is 0 Å². The van der Waals surface area contributed by atoms with Crippen LogP contribution in [0, 0.1) is 6.92 Å². The molecule has 4 nitrogen and oxygen atoms in total. The van der Waals surface area contributed by atoms with Crippen molar-refractivity contribution in [1.82, 2.24) is 15.1 Å². The zero-order valence-electron chi connectivity index (χ0n) is 15.8. The van der Waals surface area contributed by atoms with Crippen LogP contribution in [0.3, 0.4) is 0 Å². The molecule has 1 amide bonds. The summed E-state index contributed by atoms with van der Waals surface area (Å²) in [5.41, 5.74) is 3.32. The number of carbonyl (C=O) groups is 1. The minimum absolute atomic E-state index is 0.0838. The smallest absolute Gasteiger partial charge is 0.233 e. The minimum Gasteiger partial charge on any atom is -0.355 e. The highest BCUT2D eigenvalue weighted by Crippen LogP contribution is 2.22. The van der Waals surface area contributed by atoms with Crippen LogP contribution >= 0.6 is 11.8 Å². The molecule has 3 rings (SSSR count). The molecule has 0 saturated carbocycles. The summed E-state index contributed by atoms with van der Waals surface area (Å²) < 4.78 is 1.92. The van der Waals surface area contributed by atoms with Crippen molar-refractivity contribution < 1.29 is 4.79 Å². The number of benzene rings is 2. The third-order valence-corrected chi connectivity index (χ3v) is 5.48. The Labute approximate surface area is 165 Å². The van der Waals surface area contributed by atoms with Gasteiger partial charge in [-0.3, -0.25) is 4.79 Å². The van der Waals surface area contributed by atoms with Crippen molar-refractivity contribution in [3.05, 3.63) is 78.1 Å². The maximum absolute atomic E-state index is 12.3. The Balaban J connectivity index is 1.45. The number of amides is 1. The van der Waals surface area contributed by atoms with Gasteiger partial charge in [-0.1, -0.05) is 36.4 Å². The molecule has 2 aromatic carbocycles. The molecule has 0 aliphatic rings. The summed E-state index contributed by atoms with van der Waals surface area (Å²) in [5.74, 6) is 0.0838. The van der Waals surface area contributed by atoms with E-state index in [1.807, 2.05) is 79.2 Å². The van der Waals surface area contributed by atoms with Crippen molar-refractivity contribution in [3.63, 3.8) is 0 Å². The van der Waals surface area contributed by atoms with E-state index >= 15 is 0 Å². The Morgan fingerprint density at radius 2 is 1.78 bits per heavy atom. The summed E-state index contributed by atoms with van der Waals surface area (Å²) in [4.78, 5) is 13.4. The first-order valence-corrected chi connectivity index (χ1v) is 10.1. The van der Waals surface area contributed by atoms with Crippen molar-refractivity contribution in [1.29, 1.82) is 0 Å². The van der Waals surface area contributed by atoms with Crippen LogP contribution in [0.4, 0.5) is 0 Å². The molecule has 0 saturated heterocycles. The summed E-state index contributed by atoms with van der Waals surface area (Å²) in [6, 6.07) is 20.1. The van der Waals surface area contributed by atoms with Gasteiger partial charge in [0, 0.05) is 17.6 Å². The van der Waals surface area contributed by atoms with Gasteiger partial charge in [0.25, 0.3) is 0 Å². The average Bonchev–Trinajstić information content (AvgIpc) is 3.07. The number of para-hydroxylation sites is 1. The topological polar surface area (TPSA) is 46.9 Å². The monoisotopic (exact) mass is 379 g/mol. The van der Waals surface area contributed by atoms with Gasteiger partial charge in [0.05, 0.1) is 16.6 Å². The van der Waals surface area contributed by atoms with Gasteiger partial charge in [-0.05, 0) is 56.5 Å². The van der Waals surface area contributed by atoms with Gasteiger partial charge in [-0.25, -0.2) is 4.68 Å². The molecule has 0 radical (unpaired) electrons. The highest BCUT2D eigenvalue weighted by atomic mass is 32.2. The number of nitrogens with zero attached hydrogens (tertiary/aromatic N) is 2. The number of aromatic nitrogens is 2. The number of rotatable bonds is 8. The van der Waals surface area contributed by atoms with Gasteiger partial charge in [0.15, 0.2) is 0 Å². The summed E-state index contributed by atoms with van der Waals surface area (Å²) in [6.45, 7) is 4.65. The number of aryl methyl sites for hydroxylation is 2. The van der Waals surface area contributed by atoms with Crippen LogP contribution in [-0.2, 0) is 11.2 Å². The second kappa shape index (κ2) is 9.42.